The van der Waals surface area contributed by atoms with Crippen LogP contribution < -0.4 is 14.5 Å². The maximum Gasteiger partial charge on any atom is 0.330 e. The number of fused-ring (bicyclic) bond motifs is 2. The minimum absolute atomic E-state index is 0.152. The molecule has 2 unspecified atom stereocenters. The largest absolute Gasteiger partial charge is 0.466 e. The molecule has 1 aromatic carbocycles. The van der Waals surface area contributed by atoms with Gasteiger partial charge in [0.2, 0.25) is 5.91 Å². The van der Waals surface area contributed by atoms with Crippen LogP contribution in [0.15, 0.2) is 48.7 Å². The third-order valence-corrected chi connectivity index (χ3v) is 9.01. The van der Waals surface area contributed by atoms with E-state index in [9.17, 15) is 14.9 Å². The van der Waals surface area contributed by atoms with Gasteiger partial charge in [-0.15, -0.1) is 0 Å². The number of nitrogens with zero attached hydrogens (tertiary/aromatic N) is 8. The molecule has 1 amide bonds. The molecule has 0 spiro atoms. The molecule has 12 nitrogen and oxygen atoms in total. The quantitative estimate of drug-likeness (QED) is 0.276. The molecule has 0 radical (unpaired) electrons. The molecule has 2 saturated heterocycles. The van der Waals surface area contributed by atoms with Gasteiger partial charge < -0.3 is 29.1 Å². The number of hydrogen-bond donors (Lipinski definition) is 0. The van der Waals surface area contributed by atoms with Gasteiger partial charge in [0.25, 0.3) is 0 Å². The number of aromatic nitrogens is 3. The molecule has 3 aliphatic rings. The number of likely N-dealkylation sites (tertiary alicyclic amines) is 1. The van der Waals surface area contributed by atoms with Gasteiger partial charge in [0.15, 0.2) is 0 Å². The van der Waals surface area contributed by atoms with E-state index in [1.54, 1.807) is 4.90 Å². The van der Waals surface area contributed by atoms with E-state index in [4.69, 9.17) is 19.7 Å². The van der Waals surface area contributed by atoms with Crippen molar-refractivity contribution in [3.8, 4) is 12.1 Å². The number of carbonyl (C=O) groups is 2. The van der Waals surface area contributed by atoms with Crippen LogP contribution in [0.4, 0.5) is 11.6 Å². The summed E-state index contributed by atoms with van der Waals surface area (Å²) in [6.45, 7) is 4.19. The first-order valence-electron chi connectivity index (χ1n) is 15.4. The summed E-state index contributed by atoms with van der Waals surface area (Å²) in [5.41, 5.74) is 1.95. The van der Waals surface area contributed by atoms with Gasteiger partial charge in [0.1, 0.15) is 18.2 Å². The fourth-order valence-electron chi connectivity index (χ4n) is 6.53. The third-order valence-electron chi connectivity index (χ3n) is 9.01. The Bertz CT molecular complexity index is 1630. The van der Waals surface area contributed by atoms with Crippen LogP contribution in [0.3, 0.4) is 0 Å². The average Bonchev–Trinajstić information content (AvgIpc) is 3.49. The summed E-state index contributed by atoms with van der Waals surface area (Å²) < 4.78 is 10.9. The number of carbonyl (C=O) groups excluding carboxylic acids is 2. The first-order valence-corrected chi connectivity index (χ1v) is 15.4. The van der Waals surface area contributed by atoms with E-state index >= 15 is 0 Å². The molecule has 3 aliphatic heterocycles. The van der Waals surface area contributed by atoms with Crippen LogP contribution in [-0.4, -0.2) is 102 Å². The zero-order valence-electron chi connectivity index (χ0n) is 25.8. The Kier molecular flexibility index (Phi) is 9.07. The second kappa shape index (κ2) is 13.5. The lowest BCUT2D eigenvalue weighted by Gasteiger charge is -2.42. The second-order valence-electron chi connectivity index (χ2n) is 11.7. The number of methoxy groups -OCH3 is 1. The van der Waals surface area contributed by atoms with Gasteiger partial charge in [-0.25, -0.2) is 9.78 Å². The highest BCUT2D eigenvalue weighted by atomic mass is 16.5. The highest BCUT2D eigenvalue weighted by Gasteiger charge is 2.34. The van der Waals surface area contributed by atoms with Crippen molar-refractivity contribution >= 4 is 34.3 Å². The molecule has 5 heterocycles. The van der Waals surface area contributed by atoms with Crippen molar-refractivity contribution in [2.45, 2.75) is 44.3 Å². The molecule has 2 atom stereocenters. The standard InChI is InChI=1S/C33H38N8O4/c1-38-16-5-7-25(38)22-45-33-36-28-21-39(31-26-8-4-3-6-23(26)12-15-35-31)17-13-27(28)32(37-33)40-18-19-41(24(20-40)11-14-34)29(42)9-10-30(43)44-2/h3-4,6,8-10,12,15,24-25H,5,7,11,13,16-22H2,1-2H3/b10-9+. The monoisotopic (exact) mass is 610 g/mol. The Balaban J connectivity index is 1.29. The Morgan fingerprint density at radius 1 is 1.04 bits per heavy atom. The molecule has 0 bridgehead atoms. The molecule has 2 aromatic heterocycles. The molecule has 45 heavy (non-hydrogen) atoms. The minimum atomic E-state index is -0.601. The van der Waals surface area contributed by atoms with E-state index in [2.05, 4.69) is 44.7 Å². The second-order valence-corrected chi connectivity index (χ2v) is 11.7. The summed E-state index contributed by atoms with van der Waals surface area (Å²) in [5, 5.41) is 11.9. The van der Waals surface area contributed by atoms with Gasteiger partial charge in [-0.3, -0.25) is 4.79 Å². The predicted molar refractivity (Wildman–Crippen MR) is 169 cm³/mol. The van der Waals surface area contributed by atoms with Crippen LogP contribution in [0, 0.1) is 11.3 Å². The summed E-state index contributed by atoms with van der Waals surface area (Å²) in [6.07, 6.45) is 7.25. The summed E-state index contributed by atoms with van der Waals surface area (Å²) in [7, 11) is 3.38. The van der Waals surface area contributed by atoms with Crippen LogP contribution in [0.25, 0.3) is 10.8 Å². The van der Waals surface area contributed by atoms with Gasteiger partial charge in [-0.1, -0.05) is 24.3 Å². The van der Waals surface area contributed by atoms with E-state index in [-0.39, 0.29) is 18.4 Å². The maximum atomic E-state index is 13.0. The Labute approximate surface area is 262 Å². The smallest absolute Gasteiger partial charge is 0.330 e. The number of esters is 1. The highest BCUT2D eigenvalue weighted by Crippen LogP contribution is 2.34. The SMILES string of the molecule is COC(=O)/C=C/C(=O)N1CCN(c2nc(OCC3CCCN3C)nc3c2CCN(c2nccc4ccccc24)C3)CC1CC#N. The van der Waals surface area contributed by atoms with E-state index in [0.29, 0.717) is 51.3 Å². The first kappa shape index (κ1) is 30.3. The molecule has 6 rings (SSSR count). The normalized spacial score (nSPS) is 20.3. The van der Waals surface area contributed by atoms with Crippen LogP contribution in [-0.2, 0) is 27.3 Å². The van der Waals surface area contributed by atoms with Crippen molar-refractivity contribution < 1.29 is 19.1 Å². The minimum Gasteiger partial charge on any atom is -0.466 e. The number of benzene rings is 1. The van der Waals surface area contributed by atoms with Crippen molar-refractivity contribution in [1.82, 2.24) is 24.8 Å². The fraction of sp³-hybridized carbons (Fsp3) is 0.455. The lowest BCUT2D eigenvalue weighted by atomic mass is 10.0. The molecule has 12 heteroatoms. The lowest BCUT2D eigenvalue weighted by molar-refractivity contribution is -0.135. The molecule has 234 valence electrons. The number of amides is 1. The predicted octanol–water partition coefficient (Wildman–Crippen LogP) is 2.72. The van der Waals surface area contributed by atoms with Gasteiger partial charge in [-0.05, 0) is 44.3 Å². The fourth-order valence-corrected chi connectivity index (χ4v) is 6.53. The maximum absolute atomic E-state index is 13.0. The highest BCUT2D eigenvalue weighted by molar-refractivity contribution is 5.95. The van der Waals surface area contributed by atoms with Gasteiger partial charge in [0, 0.05) is 61.5 Å². The van der Waals surface area contributed by atoms with Crippen molar-refractivity contribution in [1.29, 1.82) is 5.26 Å². The number of nitriles is 1. The molecular formula is C33H38N8O4. The number of pyridine rings is 1. The van der Waals surface area contributed by atoms with E-state index < -0.39 is 5.97 Å². The van der Waals surface area contributed by atoms with Crippen LogP contribution in [0.1, 0.15) is 30.5 Å². The van der Waals surface area contributed by atoms with E-state index in [0.717, 1.165) is 65.7 Å². The number of ether oxygens (including phenoxy) is 2. The van der Waals surface area contributed by atoms with Crippen LogP contribution >= 0.6 is 0 Å². The molecule has 2 fully saturated rings. The molecular weight excluding hydrogens is 572 g/mol. The topological polar surface area (TPSA) is 128 Å². The molecule has 0 saturated carbocycles. The number of hydrogen-bond acceptors (Lipinski definition) is 11. The first-order chi connectivity index (χ1) is 21.9. The van der Waals surface area contributed by atoms with Gasteiger partial charge in [-0.2, -0.15) is 15.2 Å². The number of likely N-dealkylation sites (N-methyl/N-ethyl adjacent to an activating group) is 1. The summed E-state index contributed by atoms with van der Waals surface area (Å²) >= 11 is 0. The zero-order valence-corrected chi connectivity index (χ0v) is 25.8. The van der Waals surface area contributed by atoms with Crippen molar-refractivity contribution in [3.05, 3.63) is 59.9 Å². The Morgan fingerprint density at radius 3 is 2.71 bits per heavy atom. The summed E-state index contributed by atoms with van der Waals surface area (Å²) in [4.78, 5) is 47.6. The molecule has 0 N–H and O–H groups in total. The van der Waals surface area contributed by atoms with Gasteiger partial charge in [0.05, 0.1) is 37.9 Å². The van der Waals surface area contributed by atoms with Crippen LogP contribution in [0.2, 0.25) is 0 Å². The Hall–Kier alpha value is -4.76. The van der Waals surface area contributed by atoms with E-state index in [1.807, 2.05) is 24.4 Å². The van der Waals surface area contributed by atoms with Crippen molar-refractivity contribution in [3.63, 3.8) is 0 Å². The molecule has 3 aromatic rings. The summed E-state index contributed by atoms with van der Waals surface area (Å²) in [6, 6.07) is 12.8. The van der Waals surface area contributed by atoms with Crippen molar-refractivity contribution in [2.75, 3.05) is 63.3 Å². The van der Waals surface area contributed by atoms with Crippen LogP contribution in [0.5, 0.6) is 6.01 Å². The number of piperazine rings is 1. The zero-order chi connectivity index (χ0) is 31.3. The summed E-state index contributed by atoms with van der Waals surface area (Å²) in [5.74, 6) is 0.791. The number of rotatable bonds is 8. The van der Waals surface area contributed by atoms with Gasteiger partial charge >= 0.3 is 12.0 Å². The van der Waals surface area contributed by atoms with Crippen molar-refractivity contribution in [2.24, 2.45) is 0 Å². The molecule has 0 aliphatic carbocycles. The number of anilines is 2. The lowest BCUT2D eigenvalue weighted by Crippen LogP contribution is -2.55. The Morgan fingerprint density at radius 2 is 1.91 bits per heavy atom. The third kappa shape index (κ3) is 6.54. The van der Waals surface area contributed by atoms with E-state index in [1.165, 1.54) is 13.2 Å². The average molecular weight is 611 g/mol.